The second kappa shape index (κ2) is 2.57. The van der Waals surface area contributed by atoms with Gasteiger partial charge in [-0.3, -0.25) is 10.1 Å². The number of carbonyl (C=O) groups excluding carboxylic acids is 1. The molecule has 4 rings (SSSR count). The van der Waals surface area contributed by atoms with Crippen molar-refractivity contribution in [1.29, 1.82) is 0 Å². The Kier molecular flexibility index (Phi) is 1.47. The van der Waals surface area contributed by atoms with Crippen molar-refractivity contribution < 1.29 is 4.79 Å². The molecule has 4 fully saturated rings. The molecule has 0 aromatic rings. The van der Waals surface area contributed by atoms with Gasteiger partial charge >= 0.3 is 0 Å². The molecule has 4 aliphatic rings. The maximum Gasteiger partial charge on any atom is 0.238 e. The molecule has 5 atom stereocenters. The summed E-state index contributed by atoms with van der Waals surface area (Å²) < 4.78 is 0. The molecule has 2 bridgehead atoms. The Bertz CT molecular complexity index is 314. The lowest BCUT2D eigenvalue weighted by atomic mass is 10.0. The van der Waals surface area contributed by atoms with E-state index in [1.165, 1.54) is 19.3 Å². The smallest absolute Gasteiger partial charge is 0.238 e. The number of nitrogens with zero attached hydrogens (tertiary/aromatic N) is 1. The molecule has 0 spiro atoms. The van der Waals surface area contributed by atoms with Crippen molar-refractivity contribution in [3.63, 3.8) is 0 Å². The van der Waals surface area contributed by atoms with E-state index in [4.69, 9.17) is 0 Å². The monoisotopic (exact) mass is 206 g/mol. The Morgan fingerprint density at radius 3 is 2.47 bits per heavy atom. The second-order valence-electron chi connectivity index (χ2n) is 5.84. The van der Waals surface area contributed by atoms with Crippen molar-refractivity contribution in [1.82, 2.24) is 10.2 Å². The van der Waals surface area contributed by atoms with E-state index >= 15 is 0 Å². The van der Waals surface area contributed by atoms with Crippen molar-refractivity contribution in [3.8, 4) is 0 Å². The van der Waals surface area contributed by atoms with E-state index in [0.29, 0.717) is 18.5 Å². The van der Waals surface area contributed by atoms with Gasteiger partial charge in [0, 0.05) is 6.04 Å². The largest absolute Gasteiger partial charge is 0.323 e. The summed E-state index contributed by atoms with van der Waals surface area (Å²) >= 11 is 0. The molecular weight excluding hydrogens is 188 g/mol. The third kappa shape index (κ3) is 0.930. The first-order chi connectivity index (χ1) is 7.27. The highest BCUT2D eigenvalue weighted by atomic mass is 16.2. The Labute approximate surface area is 90.2 Å². The number of fused-ring (bicyclic) bond motifs is 5. The van der Waals surface area contributed by atoms with Crippen molar-refractivity contribution in [3.05, 3.63) is 0 Å². The van der Waals surface area contributed by atoms with Gasteiger partial charge in [0.2, 0.25) is 5.91 Å². The summed E-state index contributed by atoms with van der Waals surface area (Å²) in [6, 6.07) is 0.619. The van der Waals surface area contributed by atoms with Crippen molar-refractivity contribution >= 4 is 5.91 Å². The fraction of sp³-hybridized carbons (Fsp3) is 0.917. The molecule has 1 saturated heterocycles. The molecule has 3 nitrogen and oxygen atoms in total. The van der Waals surface area contributed by atoms with E-state index in [0.717, 1.165) is 23.7 Å². The van der Waals surface area contributed by atoms with Gasteiger partial charge in [-0.1, -0.05) is 0 Å². The number of hydrogen-bond donors (Lipinski definition) is 1. The fourth-order valence-electron chi connectivity index (χ4n) is 4.72. The average Bonchev–Trinajstić information content (AvgIpc) is 2.61. The molecule has 1 amide bonds. The van der Waals surface area contributed by atoms with Gasteiger partial charge in [0.05, 0.1) is 12.7 Å². The predicted molar refractivity (Wildman–Crippen MR) is 55.9 cm³/mol. The van der Waals surface area contributed by atoms with Gasteiger partial charge in [-0.25, -0.2) is 0 Å². The SMILES string of the molecule is CC1NCC(=O)N1C1C2C3CCC(C3)C21. The lowest BCUT2D eigenvalue weighted by Gasteiger charge is -2.24. The summed E-state index contributed by atoms with van der Waals surface area (Å²) in [7, 11) is 0. The summed E-state index contributed by atoms with van der Waals surface area (Å²) in [6.07, 6.45) is 4.63. The number of amides is 1. The Morgan fingerprint density at radius 1 is 1.27 bits per heavy atom. The van der Waals surface area contributed by atoms with E-state index < -0.39 is 0 Å². The highest BCUT2D eigenvalue weighted by Gasteiger charge is 2.68. The average molecular weight is 206 g/mol. The van der Waals surface area contributed by atoms with E-state index in [1.54, 1.807) is 0 Å². The minimum Gasteiger partial charge on any atom is -0.323 e. The molecular formula is C12H18N2O. The summed E-state index contributed by atoms with van der Waals surface area (Å²) in [5.74, 6) is 4.03. The van der Waals surface area contributed by atoms with Crippen LogP contribution in [0.3, 0.4) is 0 Å². The van der Waals surface area contributed by atoms with Crippen LogP contribution in [0.15, 0.2) is 0 Å². The zero-order chi connectivity index (χ0) is 10.2. The maximum absolute atomic E-state index is 11.8. The van der Waals surface area contributed by atoms with Crippen LogP contribution in [0.1, 0.15) is 26.2 Å². The topological polar surface area (TPSA) is 32.3 Å². The number of hydrogen-bond acceptors (Lipinski definition) is 2. The molecule has 1 aliphatic heterocycles. The highest BCUT2D eigenvalue weighted by molar-refractivity contribution is 5.81. The van der Waals surface area contributed by atoms with E-state index in [1.807, 2.05) is 0 Å². The van der Waals surface area contributed by atoms with Crippen LogP contribution in [-0.2, 0) is 4.79 Å². The molecule has 0 radical (unpaired) electrons. The molecule has 3 heteroatoms. The molecule has 0 aromatic heterocycles. The summed E-state index contributed by atoms with van der Waals surface area (Å²) in [4.78, 5) is 13.9. The van der Waals surface area contributed by atoms with Crippen LogP contribution >= 0.6 is 0 Å². The first-order valence-electron chi connectivity index (χ1n) is 6.32. The molecule has 82 valence electrons. The van der Waals surface area contributed by atoms with Crippen LogP contribution in [0.25, 0.3) is 0 Å². The minimum atomic E-state index is 0.285. The highest BCUT2D eigenvalue weighted by Crippen LogP contribution is 2.67. The van der Waals surface area contributed by atoms with Crippen LogP contribution in [-0.4, -0.2) is 29.6 Å². The van der Waals surface area contributed by atoms with Crippen molar-refractivity contribution in [2.75, 3.05) is 6.54 Å². The maximum atomic E-state index is 11.8. The first-order valence-corrected chi connectivity index (χ1v) is 6.32. The Hall–Kier alpha value is -0.570. The summed E-state index contributed by atoms with van der Waals surface area (Å²) in [5.41, 5.74) is 0. The molecule has 3 saturated carbocycles. The summed E-state index contributed by atoms with van der Waals surface area (Å²) in [5, 5.41) is 3.26. The number of carbonyl (C=O) groups is 1. The third-order valence-electron chi connectivity index (χ3n) is 5.27. The standard InChI is InChI=1S/C12H18N2O/c1-6-13-5-9(15)14(6)12-10-7-2-3-8(4-7)11(10)12/h6-8,10-13H,2-5H2,1H3. The minimum absolute atomic E-state index is 0.285. The van der Waals surface area contributed by atoms with Crippen molar-refractivity contribution in [2.24, 2.45) is 23.7 Å². The van der Waals surface area contributed by atoms with Gasteiger partial charge in [-0.15, -0.1) is 0 Å². The second-order valence-corrected chi connectivity index (χ2v) is 5.84. The van der Waals surface area contributed by atoms with Gasteiger partial charge in [-0.05, 0) is 49.9 Å². The number of nitrogens with one attached hydrogen (secondary N) is 1. The van der Waals surface area contributed by atoms with Gasteiger partial charge in [0.1, 0.15) is 0 Å². The molecule has 3 aliphatic carbocycles. The fourth-order valence-corrected chi connectivity index (χ4v) is 4.72. The summed E-state index contributed by atoms with van der Waals surface area (Å²) in [6.45, 7) is 2.69. The Morgan fingerprint density at radius 2 is 1.93 bits per heavy atom. The van der Waals surface area contributed by atoms with E-state index in [2.05, 4.69) is 17.1 Å². The lowest BCUT2D eigenvalue weighted by Crippen LogP contribution is -2.39. The van der Waals surface area contributed by atoms with E-state index in [-0.39, 0.29) is 6.17 Å². The molecule has 1 heterocycles. The van der Waals surface area contributed by atoms with Gasteiger partial charge < -0.3 is 4.90 Å². The van der Waals surface area contributed by atoms with E-state index in [9.17, 15) is 4.79 Å². The molecule has 1 N–H and O–H groups in total. The zero-order valence-corrected chi connectivity index (χ0v) is 9.15. The van der Waals surface area contributed by atoms with Crippen LogP contribution in [0.4, 0.5) is 0 Å². The van der Waals surface area contributed by atoms with Crippen LogP contribution in [0, 0.1) is 23.7 Å². The normalized spacial score (nSPS) is 56.3. The zero-order valence-electron chi connectivity index (χ0n) is 9.15. The molecule has 0 aromatic carbocycles. The van der Waals surface area contributed by atoms with Crippen LogP contribution in [0.5, 0.6) is 0 Å². The Balaban J connectivity index is 1.59. The molecule has 5 unspecified atom stereocenters. The lowest BCUT2D eigenvalue weighted by molar-refractivity contribution is -0.128. The van der Waals surface area contributed by atoms with Crippen LogP contribution in [0.2, 0.25) is 0 Å². The quantitative estimate of drug-likeness (QED) is 0.688. The van der Waals surface area contributed by atoms with Gasteiger partial charge in [0.15, 0.2) is 0 Å². The first kappa shape index (κ1) is 8.57. The number of rotatable bonds is 1. The molecule has 15 heavy (non-hydrogen) atoms. The third-order valence-corrected chi connectivity index (χ3v) is 5.27. The van der Waals surface area contributed by atoms with Crippen LogP contribution < -0.4 is 5.32 Å². The predicted octanol–water partition coefficient (Wildman–Crippen LogP) is 0.809. The van der Waals surface area contributed by atoms with Crippen molar-refractivity contribution in [2.45, 2.75) is 38.4 Å². The van der Waals surface area contributed by atoms with Gasteiger partial charge in [0.25, 0.3) is 0 Å². The van der Waals surface area contributed by atoms with Gasteiger partial charge in [-0.2, -0.15) is 0 Å².